The van der Waals surface area contributed by atoms with Gasteiger partial charge in [0.1, 0.15) is 17.4 Å². The predicted molar refractivity (Wildman–Crippen MR) is 146 cm³/mol. The first-order valence-electron chi connectivity index (χ1n) is 12.2. The molecule has 0 saturated heterocycles. The average Bonchev–Trinajstić information content (AvgIpc) is 3.62. The van der Waals surface area contributed by atoms with E-state index in [2.05, 4.69) is 42.0 Å². The number of benzene rings is 2. The minimum absolute atomic E-state index is 0.104. The van der Waals surface area contributed by atoms with E-state index in [1.165, 1.54) is 29.1 Å². The Labute approximate surface area is 228 Å². The lowest BCUT2D eigenvalue weighted by Crippen LogP contribution is -2.22. The zero-order chi connectivity index (χ0) is 28.3. The number of ether oxygens (including phenoxy) is 1. The third-order valence-electron chi connectivity index (χ3n) is 5.73. The number of hydrogen-bond donors (Lipinski definition) is 3. The van der Waals surface area contributed by atoms with E-state index in [9.17, 15) is 14.4 Å². The number of anilines is 2. The number of H-pyrrole nitrogens is 1. The van der Waals surface area contributed by atoms with E-state index in [1.807, 2.05) is 20.8 Å². The van der Waals surface area contributed by atoms with Gasteiger partial charge in [-0.25, -0.2) is 18.9 Å². The molecule has 0 aliphatic rings. The highest BCUT2D eigenvalue weighted by Crippen LogP contribution is 2.29. The maximum Gasteiger partial charge on any atom is 0.324 e. The molecule has 0 bridgehead atoms. The van der Waals surface area contributed by atoms with Gasteiger partial charge in [-0.3, -0.25) is 10.4 Å². The van der Waals surface area contributed by atoms with Gasteiger partial charge in [0.05, 0.1) is 40.5 Å². The van der Waals surface area contributed by atoms with E-state index in [-0.39, 0.29) is 22.7 Å². The summed E-state index contributed by atoms with van der Waals surface area (Å²) in [5.41, 5.74) is 2.00. The summed E-state index contributed by atoms with van der Waals surface area (Å²) in [5, 5.41) is 25.8. The summed E-state index contributed by atoms with van der Waals surface area (Å²) in [4.78, 5) is 21.5. The van der Waals surface area contributed by atoms with Crippen LogP contribution in [0.2, 0.25) is 0 Å². The van der Waals surface area contributed by atoms with Crippen LogP contribution in [-0.4, -0.2) is 36.0 Å². The number of amides is 2. The van der Waals surface area contributed by atoms with Crippen molar-refractivity contribution in [2.24, 2.45) is 0 Å². The third-order valence-corrected chi connectivity index (χ3v) is 5.73. The Bertz CT molecular complexity index is 1720. The first-order valence-corrected chi connectivity index (χ1v) is 12.2. The van der Waals surface area contributed by atoms with Crippen LogP contribution >= 0.6 is 0 Å². The van der Waals surface area contributed by atoms with Gasteiger partial charge in [-0.15, -0.1) is 0 Å². The number of rotatable bonds is 6. The molecule has 0 atom stereocenters. The van der Waals surface area contributed by atoms with Gasteiger partial charge in [-0.2, -0.15) is 20.4 Å². The molecule has 2 aromatic carbocycles. The van der Waals surface area contributed by atoms with Crippen molar-refractivity contribution >= 4 is 17.5 Å². The van der Waals surface area contributed by atoms with E-state index >= 15 is 0 Å². The van der Waals surface area contributed by atoms with E-state index in [1.54, 1.807) is 48.8 Å². The molecular formula is C28H24FN9O2. The number of carbonyl (C=O) groups excluding carboxylic acids is 1. The van der Waals surface area contributed by atoms with Crippen LogP contribution in [0.4, 0.5) is 20.7 Å². The molecule has 0 fully saturated rings. The van der Waals surface area contributed by atoms with Crippen molar-refractivity contribution in [3.63, 3.8) is 0 Å². The first kappa shape index (κ1) is 26.1. The van der Waals surface area contributed by atoms with E-state index in [0.717, 1.165) is 0 Å². The molecule has 0 unspecified atom stereocenters. The Morgan fingerprint density at radius 3 is 2.73 bits per heavy atom. The van der Waals surface area contributed by atoms with Crippen LogP contribution in [0.15, 0.2) is 73.2 Å². The van der Waals surface area contributed by atoms with Gasteiger partial charge in [0.25, 0.3) is 0 Å². The second-order valence-electron chi connectivity index (χ2n) is 9.77. The van der Waals surface area contributed by atoms with E-state index in [0.29, 0.717) is 34.2 Å². The molecule has 0 saturated carbocycles. The number of nitrogens with zero attached hydrogens (tertiary/aromatic N) is 6. The van der Waals surface area contributed by atoms with Crippen LogP contribution < -0.4 is 15.4 Å². The van der Waals surface area contributed by atoms with Crippen LogP contribution in [0.25, 0.3) is 17.1 Å². The molecule has 12 heteroatoms. The second-order valence-corrected chi connectivity index (χ2v) is 9.77. The number of aromatic amines is 1. The summed E-state index contributed by atoms with van der Waals surface area (Å²) in [6, 6.07) is 15.5. The van der Waals surface area contributed by atoms with Crippen molar-refractivity contribution < 1.29 is 13.9 Å². The molecule has 0 radical (unpaired) electrons. The van der Waals surface area contributed by atoms with Gasteiger partial charge < -0.3 is 10.1 Å². The average molecular weight is 538 g/mol. The fourth-order valence-corrected chi connectivity index (χ4v) is 3.71. The van der Waals surface area contributed by atoms with E-state index < -0.39 is 11.8 Å². The summed E-state index contributed by atoms with van der Waals surface area (Å²) in [7, 11) is 0. The Balaban J connectivity index is 1.36. The van der Waals surface area contributed by atoms with Crippen LogP contribution in [0.3, 0.4) is 0 Å². The molecular weight excluding hydrogens is 513 g/mol. The van der Waals surface area contributed by atoms with Gasteiger partial charge in [-0.1, -0.05) is 26.8 Å². The molecule has 40 heavy (non-hydrogen) atoms. The number of nitriles is 1. The molecule has 3 aromatic heterocycles. The first-order chi connectivity index (χ1) is 19.2. The number of halogens is 1. The maximum atomic E-state index is 14.7. The molecule has 11 nitrogen and oxygen atoms in total. The van der Waals surface area contributed by atoms with Crippen LogP contribution in [-0.2, 0) is 5.41 Å². The Hall–Kier alpha value is -5.57. The summed E-state index contributed by atoms with van der Waals surface area (Å²) in [6.45, 7) is 5.98. The van der Waals surface area contributed by atoms with Crippen LogP contribution in [0.5, 0.6) is 11.6 Å². The second kappa shape index (κ2) is 10.7. The molecule has 3 N–H and O–H groups in total. The highest BCUT2D eigenvalue weighted by molar-refractivity contribution is 5.99. The van der Waals surface area contributed by atoms with Crippen LogP contribution in [0.1, 0.15) is 32.0 Å². The molecule has 5 aromatic rings. The quantitative estimate of drug-likeness (QED) is 0.248. The molecule has 200 valence electrons. The van der Waals surface area contributed by atoms with Gasteiger partial charge in [0, 0.05) is 36.0 Å². The number of carbonyl (C=O) groups is 1. The standard InChI is InChI=1S/C28H24FN9O2/c1-28(2,3)23-13-24(38(37-23)19-6-4-5-17(11-19)14-30)35-27(39)34-22-12-20(7-8-21(22)29)40-25-9-10-31-26(36-25)18-15-32-33-16-18/h4-13,15-16H,1-3H3,(H,32,33)(H2,34,35,39). The van der Waals surface area contributed by atoms with Crippen molar-refractivity contribution in [1.82, 2.24) is 29.9 Å². The lowest BCUT2D eigenvalue weighted by Gasteiger charge is -2.14. The summed E-state index contributed by atoms with van der Waals surface area (Å²) in [6.07, 6.45) is 4.75. The largest absolute Gasteiger partial charge is 0.439 e. The summed E-state index contributed by atoms with van der Waals surface area (Å²) < 4.78 is 22.0. The topological polar surface area (TPSA) is 146 Å². The van der Waals surface area contributed by atoms with Crippen molar-refractivity contribution in [2.75, 3.05) is 10.6 Å². The minimum Gasteiger partial charge on any atom is -0.439 e. The Morgan fingerprint density at radius 2 is 1.98 bits per heavy atom. The number of nitrogens with one attached hydrogen (secondary N) is 3. The lowest BCUT2D eigenvalue weighted by atomic mass is 9.92. The fourth-order valence-electron chi connectivity index (χ4n) is 3.71. The molecule has 3 heterocycles. The van der Waals surface area contributed by atoms with Gasteiger partial charge in [-0.05, 0) is 30.3 Å². The highest BCUT2D eigenvalue weighted by atomic mass is 19.1. The highest BCUT2D eigenvalue weighted by Gasteiger charge is 2.22. The molecule has 2 amide bonds. The molecule has 5 rings (SSSR count). The van der Waals surface area contributed by atoms with Crippen LogP contribution in [0, 0.1) is 17.1 Å². The summed E-state index contributed by atoms with van der Waals surface area (Å²) >= 11 is 0. The smallest absolute Gasteiger partial charge is 0.324 e. The van der Waals surface area contributed by atoms with Gasteiger partial charge >= 0.3 is 6.03 Å². The van der Waals surface area contributed by atoms with Gasteiger partial charge in [0.2, 0.25) is 5.88 Å². The van der Waals surface area contributed by atoms with Crippen molar-refractivity contribution in [1.29, 1.82) is 5.26 Å². The maximum absolute atomic E-state index is 14.7. The fraction of sp³-hybridized carbons (Fsp3) is 0.143. The van der Waals surface area contributed by atoms with E-state index in [4.69, 9.17) is 4.74 Å². The SMILES string of the molecule is CC(C)(C)c1cc(NC(=O)Nc2cc(Oc3ccnc(-c4cn[nH]c4)n3)ccc2F)n(-c2cccc(C#N)c2)n1. The molecule has 0 aliphatic carbocycles. The van der Waals surface area contributed by atoms with Crippen molar-refractivity contribution in [3.05, 3.63) is 90.3 Å². The normalized spacial score (nSPS) is 11.1. The summed E-state index contributed by atoms with van der Waals surface area (Å²) in [5.74, 6) is 0.568. The molecule has 0 spiro atoms. The molecule has 0 aliphatic heterocycles. The lowest BCUT2D eigenvalue weighted by molar-refractivity contribution is 0.262. The minimum atomic E-state index is -0.696. The number of hydrogen-bond acceptors (Lipinski definition) is 7. The number of urea groups is 1. The zero-order valence-electron chi connectivity index (χ0n) is 21.8. The zero-order valence-corrected chi connectivity index (χ0v) is 21.8. The number of aromatic nitrogens is 6. The van der Waals surface area contributed by atoms with Crippen molar-refractivity contribution in [2.45, 2.75) is 26.2 Å². The Kier molecular flexibility index (Phi) is 6.94. The predicted octanol–water partition coefficient (Wildman–Crippen LogP) is 5.80. The Morgan fingerprint density at radius 1 is 1.12 bits per heavy atom. The monoisotopic (exact) mass is 537 g/mol. The van der Waals surface area contributed by atoms with Crippen molar-refractivity contribution in [3.8, 4) is 34.8 Å². The van der Waals surface area contributed by atoms with Gasteiger partial charge in [0.15, 0.2) is 5.82 Å². The third kappa shape index (κ3) is 5.78.